The number of hydrogen-bond acceptors (Lipinski definition) is 3. The summed E-state index contributed by atoms with van der Waals surface area (Å²) in [5.41, 5.74) is 2.40. The summed E-state index contributed by atoms with van der Waals surface area (Å²) >= 11 is 0. The number of amides is 1. The molecule has 1 atom stereocenters. The van der Waals surface area contributed by atoms with Crippen molar-refractivity contribution in [2.45, 2.75) is 31.9 Å². The first-order valence-corrected chi connectivity index (χ1v) is 7.02. The molecule has 1 unspecified atom stereocenters. The normalized spacial score (nSPS) is 23.4. The number of β-amino-alcohol motifs (C(OH)–C–C–N with tert-alkyl or cyclic N) is 1. The molecular weight excluding hydrogens is 240 g/mol. The molecule has 1 aromatic carbocycles. The van der Waals surface area contributed by atoms with Gasteiger partial charge in [0.1, 0.15) is 0 Å². The SMILES string of the molecule is O=C1CC(O)CN1Cc1ccc(N2CCCC2)cc1. The Morgan fingerprint density at radius 3 is 2.42 bits per heavy atom. The Morgan fingerprint density at radius 1 is 1.16 bits per heavy atom. The zero-order valence-electron chi connectivity index (χ0n) is 11.1. The third-order valence-corrected chi connectivity index (χ3v) is 3.98. The second-order valence-electron chi connectivity index (χ2n) is 5.49. The number of benzene rings is 1. The molecule has 0 saturated carbocycles. The summed E-state index contributed by atoms with van der Waals surface area (Å²) in [5.74, 6) is 0.0520. The molecule has 2 aliphatic heterocycles. The van der Waals surface area contributed by atoms with E-state index in [9.17, 15) is 9.90 Å². The molecule has 2 saturated heterocycles. The highest BCUT2D eigenvalue weighted by atomic mass is 16.3. The monoisotopic (exact) mass is 260 g/mol. The van der Waals surface area contributed by atoms with Gasteiger partial charge >= 0.3 is 0 Å². The zero-order valence-corrected chi connectivity index (χ0v) is 11.1. The van der Waals surface area contributed by atoms with Crippen molar-refractivity contribution in [2.24, 2.45) is 0 Å². The quantitative estimate of drug-likeness (QED) is 0.893. The maximum Gasteiger partial charge on any atom is 0.225 e. The number of carbonyl (C=O) groups excluding carboxylic acids is 1. The first kappa shape index (κ1) is 12.5. The van der Waals surface area contributed by atoms with Crippen molar-refractivity contribution < 1.29 is 9.90 Å². The fraction of sp³-hybridized carbons (Fsp3) is 0.533. The van der Waals surface area contributed by atoms with Gasteiger partial charge in [-0.15, -0.1) is 0 Å². The number of likely N-dealkylation sites (tertiary alicyclic amines) is 1. The average Bonchev–Trinajstić information content (AvgIpc) is 3.01. The summed E-state index contributed by atoms with van der Waals surface area (Å²) < 4.78 is 0. The van der Waals surface area contributed by atoms with Crippen molar-refractivity contribution >= 4 is 11.6 Å². The Hall–Kier alpha value is -1.55. The van der Waals surface area contributed by atoms with Gasteiger partial charge in [-0.2, -0.15) is 0 Å². The van der Waals surface area contributed by atoms with Crippen LogP contribution in [0.15, 0.2) is 24.3 Å². The number of rotatable bonds is 3. The molecule has 102 valence electrons. The van der Waals surface area contributed by atoms with E-state index in [0.717, 1.165) is 18.7 Å². The summed E-state index contributed by atoms with van der Waals surface area (Å²) in [7, 11) is 0. The highest BCUT2D eigenvalue weighted by Gasteiger charge is 2.27. The minimum Gasteiger partial charge on any atom is -0.391 e. The van der Waals surface area contributed by atoms with E-state index in [1.54, 1.807) is 4.90 Å². The molecule has 1 aromatic rings. The van der Waals surface area contributed by atoms with Crippen LogP contribution < -0.4 is 4.90 Å². The molecule has 19 heavy (non-hydrogen) atoms. The maximum atomic E-state index is 11.6. The van der Waals surface area contributed by atoms with E-state index in [4.69, 9.17) is 0 Å². The minimum absolute atomic E-state index is 0.0520. The van der Waals surface area contributed by atoms with E-state index in [1.807, 2.05) is 0 Å². The summed E-state index contributed by atoms with van der Waals surface area (Å²) in [5, 5.41) is 9.47. The van der Waals surface area contributed by atoms with Gasteiger partial charge in [-0.05, 0) is 30.5 Å². The lowest BCUT2D eigenvalue weighted by atomic mass is 10.2. The fourth-order valence-corrected chi connectivity index (χ4v) is 2.91. The predicted octanol–water partition coefficient (Wildman–Crippen LogP) is 1.38. The molecule has 0 bridgehead atoms. The van der Waals surface area contributed by atoms with Crippen LogP contribution in [0.25, 0.3) is 0 Å². The minimum atomic E-state index is -0.489. The van der Waals surface area contributed by atoms with Crippen molar-refractivity contribution in [3.63, 3.8) is 0 Å². The molecule has 2 aliphatic rings. The lowest BCUT2D eigenvalue weighted by Gasteiger charge is -2.19. The van der Waals surface area contributed by atoms with Gasteiger partial charge in [0, 0.05) is 31.9 Å². The topological polar surface area (TPSA) is 43.8 Å². The summed E-state index contributed by atoms with van der Waals surface area (Å²) in [6.45, 7) is 3.37. The molecule has 2 heterocycles. The first-order chi connectivity index (χ1) is 9.22. The van der Waals surface area contributed by atoms with Gasteiger partial charge < -0.3 is 14.9 Å². The van der Waals surface area contributed by atoms with Gasteiger partial charge in [0.15, 0.2) is 0 Å². The van der Waals surface area contributed by atoms with Crippen LogP contribution in [-0.4, -0.2) is 41.7 Å². The largest absolute Gasteiger partial charge is 0.391 e. The molecule has 2 fully saturated rings. The van der Waals surface area contributed by atoms with Crippen LogP contribution in [0.5, 0.6) is 0 Å². The first-order valence-electron chi connectivity index (χ1n) is 7.02. The Labute approximate surface area is 113 Å². The number of aliphatic hydroxyl groups is 1. The smallest absolute Gasteiger partial charge is 0.225 e. The summed E-state index contributed by atoms with van der Waals surface area (Å²) in [4.78, 5) is 15.8. The number of anilines is 1. The molecule has 1 amide bonds. The average molecular weight is 260 g/mol. The van der Waals surface area contributed by atoms with E-state index < -0.39 is 6.10 Å². The van der Waals surface area contributed by atoms with Gasteiger partial charge in [-0.3, -0.25) is 4.79 Å². The number of nitrogens with zero attached hydrogens (tertiary/aromatic N) is 2. The molecule has 3 rings (SSSR count). The van der Waals surface area contributed by atoms with Gasteiger partial charge in [-0.25, -0.2) is 0 Å². The van der Waals surface area contributed by atoms with Crippen molar-refractivity contribution in [1.29, 1.82) is 0 Å². The van der Waals surface area contributed by atoms with E-state index in [1.165, 1.54) is 18.5 Å². The van der Waals surface area contributed by atoms with Gasteiger partial charge in [0.05, 0.1) is 12.5 Å². The van der Waals surface area contributed by atoms with Crippen LogP contribution in [0.3, 0.4) is 0 Å². The summed E-state index contributed by atoms with van der Waals surface area (Å²) in [6.07, 6.45) is 2.34. The molecule has 1 N–H and O–H groups in total. The van der Waals surface area contributed by atoms with Crippen LogP contribution >= 0.6 is 0 Å². The molecule has 4 nitrogen and oxygen atoms in total. The third kappa shape index (κ3) is 2.73. The van der Waals surface area contributed by atoms with Crippen LogP contribution in [-0.2, 0) is 11.3 Å². The lowest BCUT2D eigenvalue weighted by Crippen LogP contribution is -2.25. The second kappa shape index (κ2) is 5.21. The Balaban J connectivity index is 1.64. The fourth-order valence-electron chi connectivity index (χ4n) is 2.91. The van der Waals surface area contributed by atoms with Crippen LogP contribution in [0.4, 0.5) is 5.69 Å². The molecule has 4 heteroatoms. The lowest BCUT2D eigenvalue weighted by molar-refractivity contribution is -0.128. The molecule has 0 aromatic heterocycles. The van der Waals surface area contributed by atoms with Crippen molar-refractivity contribution in [3.8, 4) is 0 Å². The van der Waals surface area contributed by atoms with Gasteiger partial charge in [0.25, 0.3) is 0 Å². The highest BCUT2D eigenvalue weighted by Crippen LogP contribution is 2.22. The van der Waals surface area contributed by atoms with Gasteiger partial charge in [-0.1, -0.05) is 12.1 Å². The van der Waals surface area contributed by atoms with Crippen molar-refractivity contribution in [2.75, 3.05) is 24.5 Å². The van der Waals surface area contributed by atoms with E-state index in [2.05, 4.69) is 29.2 Å². The number of carbonyl (C=O) groups is 1. The highest BCUT2D eigenvalue weighted by molar-refractivity contribution is 5.79. The van der Waals surface area contributed by atoms with Crippen LogP contribution in [0.1, 0.15) is 24.8 Å². The zero-order chi connectivity index (χ0) is 13.2. The Kier molecular flexibility index (Phi) is 3.42. The van der Waals surface area contributed by atoms with Crippen LogP contribution in [0.2, 0.25) is 0 Å². The second-order valence-corrected chi connectivity index (χ2v) is 5.49. The van der Waals surface area contributed by atoms with Crippen LogP contribution in [0, 0.1) is 0 Å². The van der Waals surface area contributed by atoms with Crippen molar-refractivity contribution in [1.82, 2.24) is 4.90 Å². The maximum absolute atomic E-state index is 11.6. The van der Waals surface area contributed by atoms with E-state index >= 15 is 0 Å². The Morgan fingerprint density at radius 2 is 1.84 bits per heavy atom. The van der Waals surface area contributed by atoms with E-state index in [-0.39, 0.29) is 12.3 Å². The predicted molar refractivity (Wildman–Crippen MR) is 73.9 cm³/mol. The molecular formula is C15H20N2O2. The van der Waals surface area contributed by atoms with Crippen molar-refractivity contribution in [3.05, 3.63) is 29.8 Å². The number of aliphatic hydroxyl groups excluding tert-OH is 1. The molecule has 0 aliphatic carbocycles. The Bertz CT molecular complexity index is 452. The van der Waals surface area contributed by atoms with Gasteiger partial charge in [0.2, 0.25) is 5.91 Å². The van der Waals surface area contributed by atoms with E-state index in [0.29, 0.717) is 13.1 Å². The standard InChI is InChI=1S/C15H20N2O2/c18-14-9-15(19)17(11-14)10-12-3-5-13(6-4-12)16-7-1-2-8-16/h3-6,14,18H,1-2,7-11H2. The summed E-state index contributed by atoms with van der Waals surface area (Å²) in [6, 6.07) is 8.45. The number of hydrogen-bond donors (Lipinski definition) is 1. The molecule has 0 spiro atoms. The molecule has 0 radical (unpaired) electrons. The third-order valence-electron chi connectivity index (χ3n) is 3.98.